The molecule has 3 heterocycles. The predicted molar refractivity (Wildman–Crippen MR) is 64.5 cm³/mol. The van der Waals surface area contributed by atoms with Crippen molar-refractivity contribution in [1.29, 1.82) is 0 Å². The molecular weight excluding hydrogens is 200 g/mol. The number of fused-ring (bicyclic) bond motifs is 1. The van der Waals surface area contributed by atoms with Gasteiger partial charge in [-0.15, -0.1) is 0 Å². The Morgan fingerprint density at radius 2 is 2.25 bits per heavy atom. The molecule has 3 heteroatoms. The fraction of sp³-hybridized carbons (Fsp3) is 1.00. The average molecular weight is 224 g/mol. The van der Waals surface area contributed by atoms with Gasteiger partial charge < -0.3 is 10.1 Å². The van der Waals surface area contributed by atoms with Crippen LogP contribution in [-0.4, -0.2) is 49.3 Å². The van der Waals surface area contributed by atoms with E-state index in [1.807, 2.05) is 0 Å². The highest BCUT2D eigenvalue weighted by Gasteiger charge is 2.47. The van der Waals surface area contributed by atoms with Crippen LogP contribution in [0.5, 0.6) is 0 Å². The zero-order valence-corrected chi connectivity index (χ0v) is 10.5. The zero-order chi connectivity index (χ0) is 11.1. The summed E-state index contributed by atoms with van der Waals surface area (Å²) in [6.45, 7) is 9.33. The Morgan fingerprint density at radius 1 is 1.38 bits per heavy atom. The molecule has 1 N–H and O–H groups in total. The SMILES string of the molecule is CCC1C2CNCC2CN1C1CCOC1C. The van der Waals surface area contributed by atoms with Crippen molar-refractivity contribution in [2.24, 2.45) is 11.8 Å². The van der Waals surface area contributed by atoms with Crippen molar-refractivity contribution in [3.05, 3.63) is 0 Å². The van der Waals surface area contributed by atoms with Gasteiger partial charge in [-0.2, -0.15) is 0 Å². The summed E-state index contributed by atoms with van der Waals surface area (Å²) < 4.78 is 5.74. The van der Waals surface area contributed by atoms with Crippen LogP contribution in [0.15, 0.2) is 0 Å². The maximum Gasteiger partial charge on any atom is 0.0703 e. The summed E-state index contributed by atoms with van der Waals surface area (Å²) in [6.07, 6.45) is 2.98. The van der Waals surface area contributed by atoms with Crippen LogP contribution in [0.25, 0.3) is 0 Å². The van der Waals surface area contributed by atoms with E-state index in [-0.39, 0.29) is 0 Å². The van der Waals surface area contributed by atoms with Gasteiger partial charge in [0.2, 0.25) is 0 Å². The molecule has 0 amide bonds. The number of ether oxygens (including phenoxy) is 1. The normalized spacial score (nSPS) is 48.8. The Bertz CT molecular complexity index is 258. The highest BCUT2D eigenvalue weighted by atomic mass is 16.5. The van der Waals surface area contributed by atoms with Gasteiger partial charge in [0.05, 0.1) is 6.10 Å². The molecule has 0 bridgehead atoms. The molecule has 0 aromatic rings. The van der Waals surface area contributed by atoms with E-state index in [1.165, 1.54) is 32.5 Å². The van der Waals surface area contributed by atoms with Gasteiger partial charge in [0, 0.05) is 25.2 Å². The van der Waals surface area contributed by atoms with E-state index in [0.717, 1.165) is 24.5 Å². The van der Waals surface area contributed by atoms with Crippen LogP contribution >= 0.6 is 0 Å². The lowest BCUT2D eigenvalue weighted by Crippen LogP contribution is -2.45. The predicted octanol–water partition coefficient (Wildman–Crippen LogP) is 1.09. The summed E-state index contributed by atoms with van der Waals surface area (Å²) in [6, 6.07) is 1.49. The molecule has 0 radical (unpaired) electrons. The Hall–Kier alpha value is -0.120. The molecule has 0 saturated carbocycles. The van der Waals surface area contributed by atoms with Crippen LogP contribution in [-0.2, 0) is 4.74 Å². The second kappa shape index (κ2) is 4.28. The minimum absolute atomic E-state index is 0.445. The molecule has 3 aliphatic rings. The number of rotatable bonds is 2. The zero-order valence-electron chi connectivity index (χ0n) is 10.5. The Labute approximate surface area is 98.5 Å². The molecule has 5 atom stereocenters. The smallest absolute Gasteiger partial charge is 0.0703 e. The van der Waals surface area contributed by atoms with E-state index in [9.17, 15) is 0 Å². The van der Waals surface area contributed by atoms with Gasteiger partial charge in [-0.05, 0) is 44.7 Å². The summed E-state index contributed by atoms with van der Waals surface area (Å²) in [5.74, 6) is 1.80. The van der Waals surface area contributed by atoms with E-state index >= 15 is 0 Å². The summed E-state index contributed by atoms with van der Waals surface area (Å²) in [5, 5.41) is 3.55. The highest BCUT2D eigenvalue weighted by Crippen LogP contribution is 2.38. The Morgan fingerprint density at radius 3 is 2.94 bits per heavy atom. The molecule has 0 aromatic heterocycles. The number of likely N-dealkylation sites (tertiary alicyclic amines) is 1. The average Bonchev–Trinajstić information content (AvgIpc) is 2.90. The molecule has 3 rings (SSSR count). The lowest BCUT2D eigenvalue weighted by atomic mass is 9.92. The first kappa shape index (κ1) is 11.0. The maximum atomic E-state index is 5.74. The van der Waals surface area contributed by atoms with Crippen LogP contribution in [0, 0.1) is 11.8 Å². The van der Waals surface area contributed by atoms with E-state index < -0.39 is 0 Å². The lowest BCUT2D eigenvalue weighted by molar-refractivity contribution is 0.0623. The Balaban J connectivity index is 1.75. The van der Waals surface area contributed by atoms with Gasteiger partial charge in [0.25, 0.3) is 0 Å². The molecule has 5 unspecified atom stereocenters. The van der Waals surface area contributed by atoms with Crippen LogP contribution in [0.4, 0.5) is 0 Å². The first-order chi connectivity index (χ1) is 7.81. The van der Waals surface area contributed by atoms with Crippen LogP contribution < -0.4 is 5.32 Å². The summed E-state index contributed by atoms with van der Waals surface area (Å²) >= 11 is 0. The van der Waals surface area contributed by atoms with Crippen molar-refractivity contribution in [1.82, 2.24) is 10.2 Å². The third kappa shape index (κ3) is 1.60. The molecule has 0 aliphatic carbocycles. The van der Waals surface area contributed by atoms with E-state index in [1.54, 1.807) is 0 Å². The first-order valence-corrected chi connectivity index (χ1v) is 6.89. The van der Waals surface area contributed by atoms with Crippen LogP contribution in [0.1, 0.15) is 26.7 Å². The molecule has 3 fully saturated rings. The Kier molecular flexibility index (Phi) is 2.94. The van der Waals surface area contributed by atoms with Gasteiger partial charge in [-0.3, -0.25) is 4.90 Å². The number of hydrogen-bond donors (Lipinski definition) is 1. The van der Waals surface area contributed by atoms with Crippen molar-refractivity contribution < 1.29 is 4.74 Å². The molecular formula is C13H24N2O. The van der Waals surface area contributed by atoms with Gasteiger partial charge in [-0.1, -0.05) is 6.92 Å². The molecule has 0 aromatic carbocycles. The summed E-state index contributed by atoms with van der Waals surface area (Å²) in [4.78, 5) is 2.77. The van der Waals surface area contributed by atoms with Crippen molar-refractivity contribution in [3.63, 3.8) is 0 Å². The third-order valence-electron chi connectivity index (χ3n) is 4.94. The van der Waals surface area contributed by atoms with Gasteiger partial charge in [0.15, 0.2) is 0 Å². The van der Waals surface area contributed by atoms with E-state index in [4.69, 9.17) is 4.74 Å². The minimum atomic E-state index is 0.445. The van der Waals surface area contributed by atoms with Crippen molar-refractivity contribution in [3.8, 4) is 0 Å². The first-order valence-electron chi connectivity index (χ1n) is 6.89. The number of hydrogen-bond acceptors (Lipinski definition) is 3. The van der Waals surface area contributed by atoms with Gasteiger partial charge >= 0.3 is 0 Å². The molecule has 3 aliphatic heterocycles. The third-order valence-corrected chi connectivity index (χ3v) is 4.94. The second-order valence-corrected chi connectivity index (χ2v) is 5.69. The number of nitrogens with zero attached hydrogens (tertiary/aromatic N) is 1. The largest absolute Gasteiger partial charge is 0.377 e. The van der Waals surface area contributed by atoms with Crippen molar-refractivity contribution in [2.75, 3.05) is 26.2 Å². The van der Waals surface area contributed by atoms with Gasteiger partial charge in [-0.25, -0.2) is 0 Å². The van der Waals surface area contributed by atoms with Gasteiger partial charge in [0.1, 0.15) is 0 Å². The minimum Gasteiger partial charge on any atom is -0.377 e. The van der Waals surface area contributed by atoms with Crippen LogP contribution in [0.3, 0.4) is 0 Å². The lowest BCUT2D eigenvalue weighted by Gasteiger charge is -2.33. The topological polar surface area (TPSA) is 24.5 Å². The molecule has 3 nitrogen and oxygen atoms in total. The molecule has 92 valence electrons. The molecule has 0 spiro atoms. The maximum absolute atomic E-state index is 5.74. The van der Waals surface area contributed by atoms with E-state index in [2.05, 4.69) is 24.1 Å². The summed E-state index contributed by atoms with van der Waals surface area (Å²) in [5.41, 5.74) is 0. The fourth-order valence-corrected chi connectivity index (χ4v) is 4.13. The second-order valence-electron chi connectivity index (χ2n) is 5.69. The van der Waals surface area contributed by atoms with Crippen molar-refractivity contribution in [2.45, 2.75) is 44.9 Å². The fourth-order valence-electron chi connectivity index (χ4n) is 4.13. The summed E-state index contributed by atoms with van der Waals surface area (Å²) in [7, 11) is 0. The van der Waals surface area contributed by atoms with Crippen LogP contribution in [0.2, 0.25) is 0 Å². The number of nitrogens with one attached hydrogen (secondary N) is 1. The quantitative estimate of drug-likeness (QED) is 0.760. The van der Waals surface area contributed by atoms with Crippen molar-refractivity contribution >= 4 is 0 Å². The standard InChI is InChI=1S/C13H24N2O/c1-3-12-11-7-14-6-10(11)8-15(12)13-4-5-16-9(13)2/h9-14H,3-8H2,1-2H3. The molecule has 16 heavy (non-hydrogen) atoms. The van der Waals surface area contributed by atoms with E-state index in [0.29, 0.717) is 12.1 Å². The highest BCUT2D eigenvalue weighted by molar-refractivity contribution is 5.01. The monoisotopic (exact) mass is 224 g/mol. The molecule has 3 saturated heterocycles.